The Morgan fingerprint density at radius 3 is 2.50 bits per heavy atom. The Kier molecular flexibility index (Phi) is 2.99. The van der Waals surface area contributed by atoms with Gasteiger partial charge in [-0.25, -0.2) is 0 Å². The van der Waals surface area contributed by atoms with Gasteiger partial charge in [0.25, 0.3) is 0 Å². The first-order chi connectivity index (χ1) is 5.47. The molecule has 1 aliphatic rings. The van der Waals surface area contributed by atoms with Gasteiger partial charge in [-0.15, -0.1) is 0 Å². The van der Waals surface area contributed by atoms with Crippen molar-refractivity contribution in [2.24, 2.45) is 5.92 Å². The fourth-order valence-electron chi connectivity index (χ4n) is 1.65. The van der Waals surface area contributed by atoms with Crippen molar-refractivity contribution in [2.45, 2.75) is 38.4 Å². The SMILES string of the molecule is CC1CCC(NCC(F)(F)F)C1.[HH]. The molecular formula is C8H16F3N. The van der Waals surface area contributed by atoms with Crippen LogP contribution in [0.1, 0.15) is 27.6 Å². The van der Waals surface area contributed by atoms with Crippen LogP contribution in [0.25, 0.3) is 0 Å². The smallest absolute Gasteiger partial charge is 0.306 e. The number of nitrogens with one attached hydrogen (secondary N) is 1. The van der Waals surface area contributed by atoms with Gasteiger partial charge >= 0.3 is 6.18 Å². The maximum atomic E-state index is 11.7. The Morgan fingerprint density at radius 2 is 2.08 bits per heavy atom. The van der Waals surface area contributed by atoms with Crippen LogP contribution in [0, 0.1) is 5.92 Å². The average molecular weight is 183 g/mol. The third-order valence-electron chi connectivity index (χ3n) is 2.29. The zero-order valence-electron chi connectivity index (χ0n) is 7.12. The van der Waals surface area contributed by atoms with Gasteiger partial charge in [0.05, 0.1) is 6.54 Å². The fraction of sp³-hybridized carbons (Fsp3) is 1.00. The van der Waals surface area contributed by atoms with E-state index in [4.69, 9.17) is 0 Å². The minimum absolute atomic E-state index is 0. The number of halogens is 3. The molecule has 1 nitrogen and oxygen atoms in total. The molecule has 2 atom stereocenters. The van der Waals surface area contributed by atoms with E-state index in [2.05, 4.69) is 12.2 Å². The van der Waals surface area contributed by atoms with E-state index in [-0.39, 0.29) is 7.47 Å². The molecular weight excluding hydrogens is 167 g/mol. The molecule has 0 bridgehead atoms. The zero-order chi connectivity index (χ0) is 9.19. The molecule has 0 spiro atoms. The molecule has 0 aromatic rings. The molecule has 74 valence electrons. The van der Waals surface area contributed by atoms with Crippen LogP contribution in [-0.4, -0.2) is 18.8 Å². The Morgan fingerprint density at radius 1 is 1.42 bits per heavy atom. The minimum atomic E-state index is -4.06. The molecule has 0 amide bonds. The standard InChI is InChI=1S/C8H14F3N.H2/c1-6-2-3-7(4-6)12-5-8(9,10)11;/h6-7,12H,2-5H2,1H3;1H. The summed E-state index contributed by atoms with van der Waals surface area (Å²) in [4.78, 5) is 0. The van der Waals surface area contributed by atoms with Crippen LogP contribution in [0.2, 0.25) is 0 Å². The van der Waals surface area contributed by atoms with Crippen molar-refractivity contribution in [2.75, 3.05) is 6.54 Å². The lowest BCUT2D eigenvalue weighted by atomic mass is 10.1. The van der Waals surface area contributed by atoms with E-state index in [9.17, 15) is 13.2 Å². The van der Waals surface area contributed by atoms with E-state index in [1.54, 1.807) is 0 Å². The summed E-state index contributed by atoms with van der Waals surface area (Å²) in [6.07, 6.45) is -1.24. The van der Waals surface area contributed by atoms with E-state index in [1.165, 1.54) is 0 Å². The maximum Gasteiger partial charge on any atom is 0.401 e. The molecule has 0 heterocycles. The molecule has 1 rings (SSSR count). The summed E-state index contributed by atoms with van der Waals surface area (Å²) in [6, 6.07) is 0.0848. The zero-order valence-corrected chi connectivity index (χ0v) is 7.12. The third-order valence-corrected chi connectivity index (χ3v) is 2.29. The summed E-state index contributed by atoms with van der Waals surface area (Å²) in [5.41, 5.74) is 0. The molecule has 0 aromatic carbocycles. The van der Waals surface area contributed by atoms with Crippen molar-refractivity contribution in [3.05, 3.63) is 0 Å². The second-order valence-electron chi connectivity index (χ2n) is 3.61. The molecule has 0 aliphatic heterocycles. The first-order valence-corrected chi connectivity index (χ1v) is 4.27. The number of rotatable bonds is 2. The van der Waals surface area contributed by atoms with Crippen molar-refractivity contribution >= 4 is 0 Å². The van der Waals surface area contributed by atoms with E-state index >= 15 is 0 Å². The normalized spacial score (nSPS) is 31.0. The van der Waals surface area contributed by atoms with E-state index in [0.717, 1.165) is 19.3 Å². The first-order valence-electron chi connectivity index (χ1n) is 4.27. The molecule has 0 saturated heterocycles. The van der Waals surface area contributed by atoms with Crippen LogP contribution >= 0.6 is 0 Å². The molecule has 12 heavy (non-hydrogen) atoms. The van der Waals surface area contributed by atoms with Crippen molar-refractivity contribution in [1.82, 2.24) is 5.32 Å². The van der Waals surface area contributed by atoms with Crippen LogP contribution < -0.4 is 5.32 Å². The largest absolute Gasteiger partial charge is 0.401 e. The molecule has 1 saturated carbocycles. The second kappa shape index (κ2) is 3.64. The van der Waals surface area contributed by atoms with Crippen LogP contribution in [0.15, 0.2) is 0 Å². The lowest BCUT2D eigenvalue weighted by Crippen LogP contribution is -2.35. The maximum absolute atomic E-state index is 11.7. The minimum Gasteiger partial charge on any atom is -0.306 e. The van der Waals surface area contributed by atoms with Gasteiger partial charge in [-0.1, -0.05) is 6.92 Å². The third kappa shape index (κ3) is 3.43. The highest BCUT2D eigenvalue weighted by atomic mass is 19.4. The Balaban J connectivity index is 0.00000144. The van der Waals surface area contributed by atoms with Crippen molar-refractivity contribution in [1.29, 1.82) is 0 Å². The van der Waals surface area contributed by atoms with Gasteiger partial charge in [-0.05, 0) is 25.2 Å². The van der Waals surface area contributed by atoms with Gasteiger partial charge in [-0.2, -0.15) is 13.2 Å². The lowest BCUT2D eigenvalue weighted by Gasteiger charge is -2.13. The Bertz CT molecular complexity index is 149. The van der Waals surface area contributed by atoms with Crippen molar-refractivity contribution in [3.8, 4) is 0 Å². The lowest BCUT2D eigenvalue weighted by molar-refractivity contribution is -0.126. The van der Waals surface area contributed by atoms with Gasteiger partial charge in [0.15, 0.2) is 0 Å². The molecule has 0 radical (unpaired) electrons. The van der Waals surface area contributed by atoms with Gasteiger partial charge in [0.1, 0.15) is 0 Å². The quantitative estimate of drug-likeness (QED) is 0.693. The summed E-state index contributed by atoms with van der Waals surface area (Å²) >= 11 is 0. The van der Waals surface area contributed by atoms with Gasteiger partial charge in [0, 0.05) is 7.47 Å². The van der Waals surface area contributed by atoms with Gasteiger partial charge in [-0.3, -0.25) is 0 Å². The highest BCUT2D eigenvalue weighted by Crippen LogP contribution is 2.25. The first kappa shape index (κ1) is 9.84. The number of hydrogen-bond acceptors (Lipinski definition) is 1. The van der Waals surface area contributed by atoms with Crippen LogP contribution in [0.3, 0.4) is 0 Å². The predicted octanol–water partition coefficient (Wildman–Crippen LogP) is 2.57. The highest BCUT2D eigenvalue weighted by Gasteiger charge is 2.29. The fourth-order valence-corrected chi connectivity index (χ4v) is 1.65. The Hall–Kier alpha value is -0.250. The molecule has 1 aliphatic carbocycles. The summed E-state index contributed by atoms with van der Waals surface area (Å²) in [6.45, 7) is 1.24. The highest BCUT2D eigenvalue weighted by molar-refractivity contribution is 4.78. The molecule has 2 unspecified atom stereocenters. The molecule has 0 aromatic heterocycles. The predicted molar refractivity (Wildman–Crippen MR) is 43.0 cm³/mol. The summed E-state index contributed by atoms with van der Waals surface area (Å²) < 4.78 is 35.2. The van der Waals surface area contributed by atoms with Crippen molar-refractivity contribution in [3.63, 3.8) is 0 Å². The molecule has 1 fully saturated rings. The summed E-state index contributed by atoms with van der Waals surface area (Å²) in [5.74, 6) is 0.579. The monoisotopic (exact) mass is 183 g/mol. The molecule has 1 N–H and O–H groups in total. The van der Waals surface area contributed by atoms with Crippen LogP contribution in [-0.2, 0) is 0 Å². The second-order valence-corrected chi connectivity index (χ2v) is 3.61. The Labute approximate surface area is 71.8 Å². The van der Waals surface area contributed by atoms with Gasteiger partial charge in [0.2, 0.25) is 0 Å². The average Bonchev–Trinajstić information content (AvgIpc) is 2.30. The van der Waals surface area contributed by atoms with Crippen molar-refractivity contribution < 1.29 is 14.6 Å². The summed E-state index contributed by atoms with van der Waals surface area (Å²) in [7, 11) is 0. The molecule has 4 heteroatoms. The topological polar surface area (TPSA) is 12.0 Å². The van der Waals surface area contributed by atoms with Gasteiger partial charge < -0.3 is 5.32 Å². The van der Waals surface area contributed by atoms with Crippen LogP contribution in [0.5, 0.6) is 0 Å². The number of hydrogen-bond donors (Lipinski definition) is 1. The summed E-state index contributed by atoms with van der Waals surface area (Å²) in [5, 5.41) is 2.53. The number of alkyl halides is 3. The van der Waals surface area contributed by atoms with E-state index in [0.29, 0.717) is 5.92 Å². The van der Waals surface area contributed by atoms with Crippen LogP contribution in [0.4, 0.5) is 13.2 Å². The van der Waals surface area contributed by atoms with E-state index in [1.807, 2.05) is 0 Å². The van der Waals surface area contributed by atoms with E-state index < -0.39 is 12.7 Å².